The molecule has 7 heteroatoms. The van der Waals surface area contributed by atoms with Gasteiger partial charge in [-0.3, -0.25) is 4.79 Å². The minimum atomic E-state index is -3.76. The lowest BCUT2D eigenvalue weighted by atomic mass is 10.3. The first kappa shape index (κ1) is 14.3. The minimum Gasteiger partial charge on any atom is -0.494 e. The Morgan fingerprint density at radius 3 is 2.67 bits per heavy atom. The van der Waals surface area contributed by atoms with E-state index in [4.69, 9.17) is 10.5 Å². The van der Waals surface area contributed by atoms with Gasteiger partial charge >= 0.3 is 0 Å². The zero-order valence-electron chi connectivity index (χ0n) is 10.3. The van der Waals surface area contributed by atoms with Crippen LogP contribution in [0.2, 0.25) is 0 Å². The number of ether oxygens (including phenoxy) is 1. The van der Waals surface area contributed by atoms with Crippen LogP contribution in [-0.4, -0.2) is 33.7 Å². The number of nitrogens with two attached hydrogens (primary N) is 1. The molecule has 0 unspecified atom stereocenters. The third-order valence-corrected chi connectivity index (χ3v) is 3.90. The Bertz CT molecular complexity index is 540. The van der Waals surface area contributed by atoms with Crippen LogP contribution in [0.15, 0.2) is 23.1 Å². The SMILES string of the molecule is CCOc1ccc(N)c(S(=O)(=O)CC(=O)NC)c1. The number of carbonyl (C=O) groups is 1. The highest BCUT2D eigenvalue weighted by atomic mass is 32.2. The molecule has 0 heterocycles. The molecule has 0 aliphatic rings. The summed E-state index contributed by atoms with van der Waals surface area (Å²) in [5.74, 6) is -0.818. The van der Waals surface area contributed by atoms with E-state index in [9.17, 15) is 13.2 Å². The Morgan fingerprint density at radius 2 is 2.11 bits per heavy atom. The van der Waals surface area contributed by atoms with Crippen molar-refractivity contribution in [2.45, 2.75) is 11.8 Å². The van der Waals surface area contributed by atoms with Gasteiger partial charge in [-0.05, 0) is 19.1 Å². The second kappa shape index (κ2) is 5.72. The van der Waals surface area contributed by atoms with E-state index in [-0.39, 0.29) is 10.6 Å². The van der Waals surface area contributed by atoms with Crippen LogP contribution in [0.1, 0.15) is 6.92 Å². The summed E-state index contributed by atoms with van der Waals surface area (Å²) in [6, 6.07) is 4.36. The van der Waals surface area contributed by atoms with Gasteiger partial charge in [0.05, 0.1) is 17.2 Å². The number of sulfone groups is 1. The van der Waals surface area contributed by atoms with E-state index in [1.807, 2.05) is 0 Å². The zero-order chi connectivity index (χ0) is 13.8. The van der Waals surface area contributed by atoms with Gasteiger partial charge < -0.3 is 15.8 Å². The number of amides is 1. The van der Waals surface area contributed by atoms with Crippen molar-refractivity contribution < 1.29 is 17.9 Å². The molecule has 1 aromatic rings. The lowest BCUT2D eigenvalue weighted by Crippen LogP contribution is -2.27. The van der Waals surface area contributed by atoms with Gasteiger partial charge in [-0.2, -0.15) is 0 Å². The molecule has 100 valence electrons. The molecule has 0 bridgehead atoms. The first-order chi connectivity index (χ1) is 8.40. The van der Waals surface area contributed by atoms with Crippen LogP contribution in [0.5, 0.6) is 5.75 Å². The van der Waals surface area contributed by atoms with Crippen LogP contribution < -0.4 is 15.8 Å². The molecule has 1 aromatic carbocycles. The summed E-state index contributed by atoms with van der Waals surface area (Å²) >= 11 is 0. The number of anilines is 1. The summed E-state index contributed by atoms with van der Waals surface area (Å²) in [5, 5.41) is 2.26. The Hall–Kier alpha value is -1.76. The fraction of sp³-hybridized carbons (Fsp3) is 0.364. The normalized spacial score (nSPS) is 11.0. The van der Waals surface area contributed by atoms with Gasteiger partial charge in [0.2, 0.25) is 5.91 Å². The first-order valence-corrected chi connectivity index (χ1v) is 7.01. The summed E-state index contributed by atoms with van der Waals surface area (Å²) in [6.07, 6.45) is 0. The average molecular weight is 272 g/mol. The largest absolute Gasteiger partial charge is 0.494 e. The number of hydrogen-bond acceptors (Lipinski definition) is 5. The second-order valence-electron chi connectivity index (χ2n) is 3.56. The lowest BCUT2D eigenvalue weighted by Gasteiger charge is -2.09. The molecule has 0 atom stereocenters. The molecule has 0 aromatic heterocycles. The highest BCUT2D eigenvalue weighted by Crippen LogP contribution is 2.25. The molecule has 0 spiro atoms. The third-order valence-electron chi connectivity index (χ3n) is 2.23. The van der Waals surface area contributed by atoms with E-state index in [1.165, 1.54) is 19.2 Å². The van der Waals surface area contributed by atoms with E-state index in [0.29, 0.717) is 12.4 Å². The Balaban J connectivity index is 3.14. The number of nitrogens with one attached hydrogen (secondary N) is 1. The van der Waals surface area contributed by atoms with Crippen molar-refractivity contribution in [3.8, 4) is 5.75 Å². The number of benzene rings is 1. The average Bonchev–Trinajstić information content (AvgIpc) is 2.31. The molecule has 1 amide bonds. The zero-order valence-corrected chi connectivity index (χ0v) is 11.1. The van der Waals surface area contributed by atoms with Crippen molar-refractivity contribution in [2.75, 3.05) is 25.1 Å². The van der Waals surface area contributed by atoms with Gasteiger partial charge in [-0.15, -0.1) is 0 Å². The standard InChI is InChI=1S/C11H16N2O4S/c1-3-17-8-4-5-9(12)10(6-8)18(15,16)7-11(14)13-2/h4-6H,3,7,12H2,1-2H3,(H,13,14). The summed E-state index contributed by atoms with van der Waals surface area (Å²) < 4.78 is 29.2. The van der Waals surface area contributed by atoms with Gasteiger partial charge in [0.25, 0.3) is 0 Å². The first-order valence-electron chi connectivity index (χ1n) is 5.36. The van der Waals surface area contributed by atoms with E-state index in [1.54, 1.807) is 13.0 Å². The van der Waals surface area contributed by atoms with E-state index < -0.39 is 21.5 Å². The monoisotopic (exact) mass is 272 g/mol. The van der Waals surface area contributed by atoms with Crippen LogP contribution in [0.4, 0.5) is 5.69 Å². The summed E-state index contributed by atoms with van der Waals surface area (Å²) in [5.41, 5.74) is 5.72. The van der Waals surface area contributed by atoms with E-state index >= 15 is 0 Å². The molecule has 1 rings (SSSR count). The molecule has 0 saturated heterocycles. The van der Waals surface area contributed by atoms with Gasteiger partial charge in [-0.25, -0.2) is 8.42 Å². The van der Waals surface area contributed by atoms with Crippen LogP contribution in [0, 0.1) is 0 Å². The molecule has 6 nitrogen and oxygen atoms in total. The van der Waals surface area contributed by atoms with Gasteiger partial charge in [0.15, 0.2) is 9.84 Å². The van der Waals surface area contributed by atoms with Crippen molar-refractivity contribution in [1.82, 2.24) is 5.32 Å². The number of hydrogen-bond donors (Lipinski definition) is 2. The Labute approximate surface area is 106 Å². The van der Waals surface area contributed by atoms with Crippen molar-refractivity contribution in [2.24, 2.45) is 0 Å². The molecule has 3 N–H and O–H groups in total. The molecular formula is C11H16N2O4S. The van der Waals surface area contributed by atoms with E-state index in [0.717, 1.165) is 0 Å². The van der Waals surface area contributed by atoms with E-state index in [2.05, 4.69) is 5.32 Å². The highest BCUT2D eigenvalue weighted by molar-refractivity contribution is 7.92. The third kappa shape index (κ3) is 3.36. The number of nitrogen functional groups attached to an aromatic ring is 1. The number of rotatable bonds is 5. The van der Waals surface area contributed by atoms with Crippen molar-refractivity contribution in [3.05, 3.63) is 18.2 Å². The maximum Gasteiger partial charge on any atom is 0.235 e. The smallest absolute Gasteiger partial charge is 0.235 e. The summed E-state index contributed by atoms with van der Waals surface area (Å²) in [4.78, 5) is 11.1. The maximum absolute atomic E-state index is 12.0. The topological polar surface area (TPSA) is 98.5 Å². The van der Waals surface area contributed by atoms with Crippen molar-refractivity contribution in [1.29, 1.82) is 0 Å². The predicted octanol–water partition coefficient (Wildman–Crippen LogP) is 0.187. The van der Waals surface area contributed by atoms with Crippen molar-refractivity contribution in [3.63, 3.8) is 0 Å². The molecule has 18 heavy (non-hydrogen) atoms. The fourth-order valence-corrected chi connectivity index (χ4v) is 2.73. The van der Waals surface area contributed by atoms with Crippen LogP contribution in [-0.2, 0) is 14.6 Å². The Morgan fingerprint density at radius 1 is 1.44 bits per heavy atom. The lowest BCUT2D eigenvalue weighted by molar-refractivity contribution is -0.118. The second-order valence-corrected chi connectivity index (χ2v) is 5.52. The number of carbonyl (C=O) groups excluding carboxylic acids is 1. The molecule has 0 aliphatic carbocycles. The minimum absolute atomic E-state index is 0.0861. The van der Waals surface area contributed by atoms with Gasteiger partial charge in [-0.1, -0.05) is 0 Å². The van der Waals surface area contributed by atoms with Crippen LogP contribution >= 0.6 is 0 Å². The predicted molar refractivity (Wildman–Crippen MR) is 68.1 cm³/mol. The molecular weight excluding hydrogens is 256 g/mol. The quantitative estimate of drug-likeness (QED) is 0.745. The summed E-state index contributed by atoms with van der Waals surface area (Å²) in [7, 11) is -2.39. The highest BCUT2D eigenvalue weighted by Gasteiger charge is 2.21. The van der Waals surface area contributed by atoms with Crippen LogP contribution in [0.25, 0.3) is 0 Å². The van der Waals surface area contributed by atoms with Crippen molar-refractivity contribution >= 4 is 21.4 Å². The molecule has 0 radical (unpaired) electrons. The van der Waals surface area contributed by atoms with Crippen LogP contribution in [0.3, 0.4) is 0 Å². The summed E-state index contributed by atoms with van der Waals surface area (Å²) in [6.45, 7) is 2.20. The maximum atomic E-state index is 12.0. The molecule has 0 fully saturated rings. The molecule has 0 aliphatic heterocycles. The van der Waals surface area contributed by atoms with Gasteiger partial charge in [0.1, 0.15) is 11.5 Å². The molecule has 0 saturated carbocycles. The van der Waals surface area contributed by atoms with Gasteiger partial charge in [0, 0.05) is 13.1 Å². The fourth-order valence-electron chi connectivity index (χ4n) is 1.36. The Kier molecular flexibility index (Phi) is 4.55.